The van der Waals surface area contributed by atoms with Gasteiger partial charge in [0.15, 0.2) is 5.13 Å². The first-order chi connectivity index (χ1) is 11.5. The van der Waals surface area contributed by atoms with Crippen molar-refractivity contribution in [3.05, 3.63) is 40.4 Å². The van der Waals surface area contributed by atoms with Gasteiger partial charge >= 0.3 is 5.97 Å². The number of aromatic nitrogens is 1. The van der Waals surface area contributed by atoms with Crippen LogP contribution in [0.5, 0.6) is 5.75 Å². The molecule has 128 valence electrons. The standard InChI is InChI=1S/C17H20N2O4S/c1-4-22-13-8-6-12(7-9-13)10-14(20)19-17-18-11(3)15(24-17)16(21)23-5-2/h6-9H,4-5,10H2,1-3H3,(H,18,19,20). The summed E-state index contributed by atoms with van der Waals surface area (Å²) in [6.45, 7) is 6.28. The molecule has 0 fully saturated rings. The molecular weight excluding hydrogens is 328 g/mol. The summed E-state index contributed by atoms with van der Waals surface area (Å²) in [5.74, 6) is 0.166. The number of aryl methyl sites for hydroxylation is 1. The van der Waals surface area contributed by atoms with Gasteiger partial charge in [0.25, 0.3) is 0 Å². The highest BCUT2D eigenvalue weighted by atomic mass is 32.1. The van der Waals surface area contributed by atoms with Gasteiger partial charge in [0, 0.05) is 0 Å². The van der Waals surface area contributed by atoms with Crippen molar-refractivity contribution < 1.29 is 19.1 Å². The summed E-state index contributed by atoms with van der Waals surface area (Å²) in [5.41, 5.74) is 1.42. The van der Waals surface area contributed by atoms with E-state index in [1.807, 2.05) is 31.2 Å². The molecule has 1 N–H and O–H groups in total. The highest BCUT2D eigenvalue weighted by Gasteiger charge is 2.17. The first-order valence-electron chi connectivity index (χ1n) is 7.69. The van der Waals surface area contributed by atoms with Crippen molar-refractivity contribution in [1.82, 2.24) is 4.98 Å². The summed E-state index contributed by atoms with van der Waals surface area (Å²) >= 11 is 1.12. The molecule has 0 saturated heterocycles. The normalized spacial score (nSPS) is 10.3. The van der Waals surface area contributed by atoms with Crippen molar-refractivity contribution >= 4 is 28.3 Å². The van der Waals surface area contributed by atoms with Crippen molar-refractivity contribution in [2.24, 2.45) is 0 Å². The molecule has 0 aliphatic carbocycles. The van der Waals surface area contributed by atoms with Crippen molar-refractivity contribution in [1.29, 1.82) is 0 Å². The summed E-state index contributed by atoms with van der Waals surface area (Å²) in [4.78, 5) is 28.5. The molecule has 2 rings (SSSR count). The first-order valence-corrected chi connectivity index (χ1v) is 8.51. The monoisotopic (exact) mass is 348 g/mol. The van der Waals surface area contributed by atoms with Gasteiger partial charge in [-0.25, -0.2) is 9.78 Å². The molecule has 1 aromatic heterocycles. The third kappa shape index (κ3) is 4.79. The summed E-state index contributed by atoms with van der Waals surface area (Å²) in [5, 5.41) is 3.11. The zero-order chi connectivity index (χ0) is 17.5. The van der Waals surface area contributed by atoms with E-state index in [0.29, 0.717) is 28.9 Å². The number of anilines is 1. The third-order valence-electron chi connectivity index (χ3n) is 3.10. The van der Waals surface area contributed by atoms with Gasteiger partial charge in [-0.15, -0.1) is 0 Å². The number of rotatable bonds is 7. The maximum absolute atomic E-state index is 12.1. The van der Waals surface area contributed by atoms with Gasteiger partial charge in [0.1, 0.15) is 10.6 Å². The Bertz CT molecular complexity index is 710. The zero-order valence-electron chi connectivity index (χ0n) is 13.9. The molecule has 0 atom stereocenters. The summed E-state index contributed by atoms with van der Waals surface area (Å²) in [6, 6.07) is 7.36. The van der Waals surface area contributed by atoms with Gasteiger partial charge < -0.3 is 14.8 Å². The molecule has 1 heterocycles. The lowest BCUT2D eigenvalue weighted by Crippen LogP contribution is -2.14. The predicted molar refractivity (Wildman–Crippen MR) is 92.8 cm³/mol. The van der Waals surface area contributed by atoms with E-state index in [1.165, 1.54) is 0 Å². The maximum atomic E-state index is 12.1. The Morgan fingerprint density at radius 1 is 1.17 bits per heavy atom. The van der Waals surface area contributed by atoms with E-state index in [2.05, 4.69) is 10.3 Å². The van der Waals surface area contributed by atoms with Crippen LogP contribution in [0.2, 0.25) is 0 Å². The smallest absolute Gasteiger partial charge is 0.350 e. The summed E-state index contributed by atoms with van der Waals surface area (Å²) < 4.78 is 10.3. The van der Waals surface area contributed by atoms with Gasteiger partial charge in [-0.1, -0.05) is 23.5 Å². The lowest BCUT2D eigenvalue weighted by molar-refractivity contribution is -0.115. The molecule has 0 saturated carbocycles. The third-order valence-corrected chi connectivity index (χ3v) is 4.16. The minimum atomic E-state index is -0.417. The van der Waals surface area contributed by atoms with E-state index in [-0.39, 0.29) is 12.3 Å². The van der Waals surface area contributed by atoms with E-state index < -0.39 is 5.97 Å². The molecule has 0 spiro atoms. The minimum Gasteiger partial charge on any atom is -0.494 e. The number of benzene rings is 1. The number of thiazole rings is 1. The van der Waals surface area contributed by atoms with Gasteiger partial charge in [0.2, 0.25) is 5.91 Å². The van der Waals surface area contributed by atoms with Crippen LogP contribution in [0.25, 0.3) is 0 Å². The van der Waals surface area contributed by atoms with Gasteiger partial charge in [0.05, 0.1) is 25.3 Å². The SMILES string of the molecule is CCOC(=O)c1sc(NC(=O)Cc2ccc(OCC)cc2)nc1C. The van der Waals surface area contributed by atoms with Crippen LogP contribution in [-0.2, 0) is 16.0 Å². The molecule has 0 aliphatic rings. The quantitative estimate of drug-likeness (QED) is 0.778. The number of carbonyl (C=O) groups excluding carboxylic acids is 2. The molecule has 0 unspecified atom stereocenters. The van der Waals surface area contributed by atoms with Crippen LogP contribution in [-0.4, -0.2) is 30.1 Å². The first kappa shape index (κ1) is 17.9. The minimum absolute atomic E-state index is 0.191. The van der Waals surface area contributed by atoms with Crippen LogP contribution in [0.4, 0.5) is 5.13 Å². The number of amides is 1. The van der Waals surface area contributed by atoms with Crippen LogP contribution in [0.1, 0.15) is 34.8 Å². The Morgan fingerprint density at radius 3 is 2.50 bits per heavy atom. The Labute approximate surface area is 144 Å². The highest BCUT2D eigenvalue weighted by Crippen LogP contribution is 2.23. The molecule has 24 heavy (non-hydrogen) atoms. The Balaban J connectivity index is 1.97. The van der Waals surface area contributed by atoms with E-state index in [0.717, 1.165) is 22.6 Å². The second-order valence-electron chi connectivity index (χ2n) is 4.96. The molecule has 6 nitrogen and oxygen atoms in total. The van der Waals surface area contributed by atoms with Gasteiger partial charge in [-0.2, -0.15) is 0 Å². The van der Waals surface area contributed by atoms with Crippen LogP contribution in [0, 0.1) is 6.92 Å². The zero-order valence-corrected chi connectivity index (χ0v) is 14.7. The Kier molecular flexibility index (Phi) is 6.31. The van der Waals surface area contributed by atoms with E-state index in [4.69, 9.17) is 9.47 Å². The average Bonchev–Trinajstić information content (AvgIpc) is 2.90. The average molecular weight is 348 g/mol. The fraction of sp³-hybridized carbons (Fsp3) is 0.353. The van der Waals surface area contributed by atoms with Crippen molar-refractivity contribution in [3.63, 3.8) is 0 Å². The second-order valence-corrected chi connectivity index (χ2v) is 5.96. The second kappa shape index (κ2) is 8.44. The molecule has 1 aromatic carbocycles. The molecule has 0 radical (unpaired) electrons. The number of carbonyl (C=O) groups is 2. The van der Waals surface area contributed by atoms with Crippen LogP contribution in [0.15, 0.2) is 24.3 Å². The molecule has 1 amide bonds. The molecule has 0 bridgehead atoms. The fourth-order valence-electron chi connectivity index (χ4n) is 2.05. The van der Waals surface area contributed by atoms with Crippen molar-refractivity contribution in [3.8, 4) is 5.75 Å². The van der Waals surface area contributed by atoms with Crippen LogP contribution in [0.3, 0.4) is 0 Å². The van der Waals surface area contributed by atoms with Crippen LogP contribution >= 0.6 is 11.3 Å². The topological polar surface area (TPSA) is 77.5 Å². The summed E-state index contributed by atoms with van der Waals surface area (Å²) in [6.07, 6.45) is 0.222. The number of esters is 1. The van der Waals surface area contributed by atoms with Gasteiger partial charge in [-0.3, -0.25) is 4.79 Å². The predicted octanol–water partition coefficient (Wildman–Crippen LogP) is 3.21. The van der Waals surface area contributed by atoms with Crippen LogP contribution < -0.4 is 10.1 Å². The number of nitrogens with zero attached hydrogens (tertiary/aromatic N) is 1. The Morgan fingerprint density at radius 2 is 1.88 bits per heavy atom. The van der Waals surface area contributed by atoms with Crippen molar-refractivity contribution in [2.45, 2.75) is 27.2 Å². The molecule has 2 aromatic rings. The van der Waals surface area contributed by atoms with E-state index in [9.17, 15) is 9.59 Å². The lowest BCUT2D eigenvalue weighted by atomic mass is 10.1. The molecular formula is C17H20N2O4S. The molecule has 0 aliphatic heterocycles. The number of hydrogen-bond donors (Lipinski definition) is 1. The number of nitrogens with one attached hydrogen (secondary N) is 1. The molecule has 7 heteroatoms. The number of hydrogen-bond acceptors (Lipinski definition) is 6. The summed E-state index contributed by atoms with van der Waals surface area (Å²) in [7, 11) is 0. The largest absolute Gasteiger partial charge is 0.494 e. The highest BCUT2D eigenvalue weighted by molar-refractivity contribution is 7.17. The van der Waals surface area contributed by atoms with E-state index >= 15 is 0 Å². The van der Waals surface area contributed by atoms with E-state index in [1.54, 1.807) is 13.8 Å². The van der Waals surface area contributed by atoms with Gasteiger partial charge in [-0.05, 0) is 38.5 Å². The lowest BCUT2D eigenvalue weighted by Gasteiger charge is -2.05. The van der Waals surface area contributed by atoms with Crippen molar-refractivity contribution in [2.75, 3.05) is 18.5 Å². The fourth-order valence-corrected chi connectivity index (χ4v) is 2.93. The Hall–Kier alpha value is -2.41. The maximum Gasteiger partial charge on any atom is 0.350 e. The number of ether oxygens (including phenoxy) is 2.